The summed E-state index contributed by atoms with van der Waals surface area (Å²) in [4.78, 5) is 17.3. The van der Waals surface area contributed by atoms with Crippen molar-refractivity contribution in [2.75, 3.05) is 5.32 Å². The highest BCUT2D eigenvalue weighted by Gasteiger charge is 2.16. The second-order valence-electron chi connectivity index (χ2n) is 6.75. The molecule has 29 heavy (non-hydrogen) atoms. The molecule has 0 unspecified atom stereocenters. The second-order valence-corrected chi connectivity index (χ2v) is 8.42. The molecule has 2 aromatic carbocycles. The maximum absolute atomic E-state index is 12.3. The van der Waals surface area contributed by atoms with Crippen molar-refractivity contribution in [3.05, 3.63) is 68.5 Å². The van der Waals surface area contributed by atoms with Crippen molar-refractivity contribution >= 4 is 58.7 Å². The molecule has 1 amide bonds. The number of aromatic hydroxyl groups is 1. The maximum atomic E-state index is 12.3. The molecule has 7 heteroatoms. The third kappa shape index (κ3) is 4.21. The van der Waals surface area contributed by atoms with Crippen LogP contribution in [0.2, 0.25) is 0 Å². The number of nitrogens with one attached hydrogen (secondary N) is 1. The van der Waals surface area contributed by atoms with Crippen molar-refractivity contribution in [2.24, 2.45) is 4.99 Å². The average Bonchev–Trinajstić information content (AvgIpc) is 3.23. The summed E-state index contributed by atoms with van der Waals surface area (Å²) < 4.78 is 2.12. The number of thiazole rings is 1. The van der Waals surface area contributed by atoms with Crippen molar-refractivity contribution in [3.8, 4) is 5.88 Å². The number of anilines is 1. The summed E-state index contributed by atoms with van der Waals surface area (Å²) in [5, 5.41) is 13.5. The SMILES string of the molecule is Cc1ccc(NC(=O)CCn2c(O)c(/C=C3/C=Nc4ccccc43)sc2=S)cc1. The Balaban J connectivity index is 1.47. The van der Waals surface area contributed by atoms with Crippen LogP contribution in [-0.4, -0.2) is 21.8 Å². The van der Waals surface area contributed by atoms with Gasteiger partial charge in [-0.05, 0) is 43.4 Å². The molecule has 0 aliphatic carbocycles. The van der Waals surface area contributed by atoms with Crippen LogP contribution in [0.4, 0.5) is 11.4 Å². The largest absolute Gasteiger partial charge is 0.493 e. The monoisotopic (exact) mass is 421 g/mol. The van der Waals surface area contributed by atoms with E-state index in [1.54, 1.807) is 10.8 Å². The molecular formula is C22H19N3O2S2. The summed E-state index contributed by atoms with van der Waals surface area (Å²) in [6.07, 6.45) is 3.88. The number of rotatable bonds is 5. The van der Waals surface area contributed by atoms with Crippen LogP contribution >= 0.6 is 23.6 Å². The van der Waals surface area contributed by atoms with Crippen LogP contribution in [0.3, 0.4) is 0 Å². The number of aryl methyl sites for hydroxylation is 1. The smallest absolute Gasteiger partial charge is 0.226 e. The minimum atomic E-state index is -0.127. The number of aliphatic imine (C=N–C) groups is 1. The highest BCUT2D eigenvalue weighted by atomic mass is 32.1. The Labute approximate surface area is 177 Å². The average molecular weight is 422 g/mol. The molecule has 0 radical (unpaired) electrons. The molecule has 3 aromatic rings. The first-order valence-corrected chi connectivity index (χ1v) is 10.4. The summed E-state index contributed by atoms with van der Waals surface area (Å²) in [5.74, 6) is -0.0495. The van der Waals surface area contributed by atoms with Gasteiger partial charge in [-0.1, -0.05) is 35.9 Å². The zero-order valence-corrected chi connectivity index (χ0v) is 17.4. The summed E-state index contributed by atoms with van der Waals surface area (Å²) in [6.45, 7) is 2.31. The van der Waals surface area contributed by atoms with Crippen molar-refractivity contribution in [2.45, 2.75) is 19.9 Å². The van der Waals surface area contributed by atoms with Crippen LogP contribution < -0.4 is 5.32 Å². The molecule has 2 N–H and O–H groups in total. The first-order valence-electron chi connectivity index (χ1n) is 9.15. The highest BCUT2D eigenvalue weighted by Crippen LogP contribution is 2.35. The van der Waals surface area contributed by atoms with Crippen LogP contribution in [0.25, 0.3) is 11.6 Å². The Hall–Kier alpha value is -3.03. The van der Waals surface area contributed by atoms with Gasteiger partial charge in [0.05, 0.1) is 10.6 Å². The van der Waals surface area contributed by atoms with Gasteiger partial charge in [-0.25, -0.2) is 0 Å². The van der Waals surface area contributed by atoms with Crippen molar-refractivity contribution in [1.82, 2.24) is 4.57 Å². The number of benzene rings is 2. The summed E-state index contributed by atoms with van der Waals surface area (Å²) in [5.41, 5.74) is 4.75. The molecule has 5 nitrogen and oxygen atoms in total. The lowest BCUT2D eigenvalue weighted by Crippen LogP contribution is -2.14. The fourth-order valence-electron chi connectivity index (χ4n) is 3.07. The van der Waals surface area contributed by atoms with E-state index in [0.717, 1.165) is 28.1 Å². The van der Waals surface area contributed by atoms with Crippen LogP contribution in [0.15, 0.2) is 53.5 Å². The Kier molecular flexibility index (Phi) is 5.42. The van der Waals surface area contributed by atoms with E-state index in [4.69, 9.17) is 12.2 Å². The van der Waals surface area contributed by atoms with Crippen LogP contribution in [0.5, 0.6) is 5.88 Å². The normalized spacial score (nSPS) is 13.6. The third-order valence-electron chi connectivity index (χ3n) is 4.64. The van der Waals surface area contributed by atoms with Gasteiger partial charge in [0.1, 0.15) is 0 Å². The summed E-state index contributed by atoms with van der Waals surface area (Å²) in [6, 6.07) is 15.5. The molecule has 1 aliphatic heterocycles. The number of amides is 1. The lowest BCUT2D eigenvalue weighted by molar-refractivity contribution is -0.116. The molecule has 4 rings (SSSR count). The Morgan fingerprint density at radius 2 is 2.00 bits per heavy atom. The minimum absolute atomic E-state index is 0.0772. The quantitative estimate of drug-likeness (QED) is 0.529. The third-order valence-corrected chi connectivity index (χ3v) is 6.02. The van der Waals surface area contributed by atoms with E-state index in [1.807, 2.05) is 61.5 Å². The topological polar surface area (TPSA) is 66.6 Å². The number of allylic oxidation sites excluding steroid dienone is 1. The molecule has 0 atom stereocenters. The first-order chi connectivity index (χ1) is 14.0. The highest BCUT2D eigenvalue weighted by molar-refractivity contribution is 7.73. The van der Waals surface area contributed by atoms with Gasteiger partial charge in [0, 0.05) is 36.0 Å². The van der Waals surface area contributed by atoms with E-state index < -0.39 is 0 Å². The lowest BCUT2D eigenvalue weighted by Gasteiger charge is -2.07. The fraction of sp³-hybridized carbons (Fsp3) is 0.136. The van der Waals surface area contributed by atoms with E-state index >= 15 is 0 Å². The number of hydrogen-bond acceptors (Lipinski definition) is 5. The molecule has 2 heterocycles. The molecule has 146 valence electrons. The van der Waals surface area contributed by atoms with E-state index in [1.165, 1.54) is 11.3 Å². The zero-order chi connectivity index (χ0) is 20.4. The Bertz CT molecular complexity index is 1190. The number of aromatic nitrogens is 1. The molecule has 0 fully saturated rings. The van der Waals surface area contributed by atoms with Crippen molar-refractivity contribution in [1.29, 1.82) is 0 Å². The number of hydrogen-bond donors (Lipinski definition) is 2. The number of para-hydroxylation sites is 1. The van der Waals surface area contributed by atoms with Gasteiger partial charge < -0.3 is 10.4 Å². The van der Waals surface area contributed by atoms with Crippen LogP contribution in [-0.2, 0) is 11.3 Å². The zero-order valence-electron chi connectivity index (χ0n) is 15.8. The van der Waals surface area contributed by atoms with Gasteiger partial charge in [-0.15, -0.1) is 11.3 Å². The predicted molar refractivity (Wildman–Crippen MR) is 122 cm³/mol. The van der Waals surface area contributed by atoms with Gasteiger partial charge in [0.15, 0.2) is 3.95 Å². The molecule has 0 spiro atoms. The number of fused-ring (bicyclic) bond motifs is 1. The lowest BCUT2D eigenvalue weighted by atomic mass is 10.1. The number of carbonyl (C=O) groups is 1. The Morgan fingerprint density at radius 1 is 1.24 bits per heavy atom. The summed E-state index contributed by atoms with van der Waals surface area (Å²) in [7, 11) is 0. The Morgan fingerprint density at radius 3 is 2.79 bits per heavy atom. The number of carbonyl (C=O) groups excluding carboxylic acids is 1. The van der Waals surface area contributed by atoms with Gasteiger partial charge >= 0.3 is 0 Å². The van der Waals surface area contributed by atoms with Gasteiger partial charge in [0.25, 0.3) is 0 Å². The van der Waals surface area contributed by atoms with E-state index in [0.29, 0.717) is 15.4 Å². The predicted octanol–water partition coefficient (Wildman–Crippen LogP) is 5.58. The van der Waals surface area contributed by atoms with Gasteiger partial charge in [-0.3, -0.25) is 14.4 Å². The molecule has 0 saturated heterocycles. The van der Waals surface area contributed by atoms with E-state index in [-0.39, 0.29) is 18.2 Å². The van der Waals surface area contributed by atoms with Crippen molar-refractivity contribution in [3.63, 3.8) is 0 Å². The van der Waals surface area contributed by atoms with Crippen molar-refractivity contribution < 1.29 is 9.90 Å². The standard InChI is InChI=1S/C22H19N3O2S2/c1-14-6-8-16(9-7-14)24-20(26)10-11-25-21(27)19(29-22(25)28)12-15-13-23-18-5-3-2-4-17(15)18/h2-9,12-13,27H,10-11H2,1H3,(H,24,26)/b15-12-. The second kappa shape index (κ2) is 8.14. The maximum Gasteiger partial charge on any atom is 0.226 e. The number of nitrogens with zero attached hydrogens (tertiary/aromatic N) is 2. The minimum Gasteiger partial charge on any atom is -0.493 e. The molecule has 1 aliphatic rings. The molecule has 1 aromatic heterocycles. The fourth-order valence-corrected chi connectivity index (χ4v) is 4.38. The summed E-state index contributed by atoms with van der Waals surface area (Å²) >= 11 is 6.72. The van der Waals surface area contributed by atoms with Gasteiger partial charge in [-0.2, -0.15) is 0 Å². The first kappa shape index (κ1) is 19.3. The molecule has 0 bridgehead atoms. The van der Waals surface area contributed by atoms with E-state index in [2.05, 4.69) is 10.3 Å². The van der Waals surface area contributed by atoms with Crippen LogP contribution in [0.1, 0.15) is 22.4 Å². The molecular weight excluding hydrogens is 402 g/mol. The van der Waals surface area contributed by atoms with E-state index in [9.17, 15) is 9.90 Å². The van der Waals surface area contributed by atoms with Crippen LogP contribution in [0, 0.1) is 10.9 Å². The van der Waals surface area contributed by atoms with Gasteiger partial charge in [0.2, 0.25) is 11.8 Å². The molecule has 0 saturated carbocycles.